The molecule has 0 aromatic heterocycles. The molecule has 0 amide bonds. The molecule has 0 saturated heterocycles. The highest BCUT2D eigenvalue weighted by atomic mass is 32.4. The van der Waals surface area contributed by atoms with Crippen LogP contribution >= 0.6 is 7.36 Å². The van der Waals surface area contributed by atoms with Crippen molar-refractivity contribution in [1.29, 1.82) is 0 Å². The van der Waals surface area contributed by atoms with Gasteiger partial charge in [-0.15, -0.1) is 0 Å². The largest absolute Gasteiger partial charge is 0.479 e. The number of hydrogen-bond acceptors (Lipinski definition) is 7. The van der Waals surface area contributed by atoms with Crippen LogP contribution in [0.1, 0.15) is 329 Å². The third kappa shape index (κ3) is 45.9. The van der Waals surface area contributed by atoms with Gasteiger partial charge in [0.1, 0.15) is 7.36 Å². The standard InChI is InChI=1S/C55H105O6PS/c1-4-7-10-13-16-19-22-25-28-31-34-37-40-43-46-49-52(56)59-55(62-63,60-53(57)50-47-44-41-38-35-32-29-26-23-20-17-14-11-8-5-2)61-54(58)51-48-45-42-39-36-33-30-27-24-21-18-15-12-9-6-3/h4-51H2,1-3H3. The van der Waals surface area contributed by atoms with Gasteiger partial charge < -0.3 is 14.2 Å². The third-order valence-electron chi connectivity index (χ3n) is 12.8. The van der Waals surface area contributed by atoms with Crippen molar-refractivity contribution in [2.75, 3.05) is 0 Å². The molecule has 0 N–H and O–H groups in total. The van der Waals surface area contributed by atoms with E-state index in [1.54, 1.807) is 0 Å². The first-order valence-electron chi connectivity index (χ1n) is 27.9. The van der Waals surface area contributed by atoms with E-state index < -0.39 is 23.6 Å². The lowest BCUT2D eigenvalue weighted by Crippen LogP contribution is -2.39. The molecule has 8 heteroatoms. The second-order valence-electron chi connectivity index (χ2n) is 19.1. The Morgan fingerprint density at radius 3 is 0.571 bits per heavy atom. The maximum absolute atomic E-state index is 13.1. The second kappa shape index (κ2) is 50.3. The predicted octanol–water partition coefficient (Wildman–Crippen LogP) is 19.4. The molecule has 0 radical (unpaired) electrons. The average molecular weight is 925 g/mol. The average Bonchev–Trinajstić information content (AvgIpc) is 3.27. The Morgan fingerprint density at radius 1 is 0.286 bits per heavy atom. The van der Waals surface area contributed by atoms with Crippen LogP contribution in [-0.4, -0.2) is 23.6 Å². The summed E-state index contributed by atoms with van der Waals surface area (Å²) < 4.78 is 17.0. The fraction of sp³-hybridized carbons (Fsp3) is 0.945. The number of carbonyl (C=O) groups is 3. The van der Waals surface area contributed by atoms with Crippen LogP contribution in [0.2, 0.25) is 0 Å². The summed E-state index contributed by atoms with van der Waals surface area (Å²) >= 11 is 5.33. The lowest BCUT2D eigenvalue weighted by Gasteiger charge is -2.27. The summed E-state index contributed by atoms with van der Waals surface area (Å²) in [4.78, 5) is 39.2. The first-order valence-corrected chi connectivity index (χ1v) is 29.8. The minimum atomic E-state index is -2.19. The van der Waals surface area contributed by atoms with E-state index in [1.165, 1.54) is 231 Å². The monoisotopic (exact) mass is 925 g/mol. The molecule has 0 spiro atoms. The molecule has 0 atom stereocenters. The molecule has 0 aliphatic rings. The summed E-state index contributed by atoms with van der Waals surface area (Å²) in [5, 5.41) is 0. The normalized spacial score (nSPS) is 11.7. The van der Waals surface area contributed by atoms with Crippen LogP contribution in [0.4, 0.5) is 0 Å². The minimum Gasteiger partial charge on any atom is -0.380 e. The topological polar surface area (TPSA) is 78.9 Å². The molecule has 63 heavy (non-hydrogen) atoms. The fourth-order valence-corrected chi connectivity index (χ4v) is 9.38. The van der Waals surface area contributed by atoms with Gasteiger partial charge in [-0.2, -0.15) is 0 Å². The Bertz CT molecular complexity index is 891. The van der Waals surface area contributed by atoms with E-state index in [9.17, 15) is 14.4 Å². The van der Waals surface area contributed by atoms with E-state index in [2.05, 4.69) is 20.8 Å². The number of hydrogen-bond donors (Lipinski definition) is 0. The Hall–Kier alpha value is -1.07. The summed E-state index contributed by atoms with van der Waals surface area (Å²) in [6, 6.07) is 0. The van der Waals surface area contributed by atoms with Crippen molar-refractivity contribution < 1.29 is 28.6 Å². The van der Waals surface area contributed by atoms with Gasteiger partial charge in [-0.1, -0.05) is 290 Å². The van der Waals surface area contributed by atoms with Crippen LogP contribution in [0.15, 0.2) is 0 Å². The molecule has 0 heterocycles. The van der Waals surface area contributed by atoms with Gasteiger partial charge in [0.05, 0.1) is 0 Å². The zero-order valence-electron chi connectivity index (χ0n) is 42.2. The molecule has 372 valence electrons. The molecule has 0 bridgehead atoms. The second-order valence-corrected chi connectivity index (χ2v) is 20.4. The minimum absolute atomic E-state index is 0.0443. The van der Waals surface area contributed by atoms with E-state index in [0.717, 1.165) is 38.5 Å². The van der Waals surface area contributed by atoms with Crippen LogP contribution in [0, 0.1) is 0 Å². The number of rotatable bonds is 52. The van der Waals surface area contributed by atoms with Crippen molar-refractivity contribution in [2.24, 2.45) is 0 Å². The zero-order valence-corrected chi connectivity index (χ0v) is 44.0. The van der Waals surface area contributed by atoms with Crippen LogP contribution in [-0.2, 0) is 40.4 Å². The first-order chi connectivity index (χ1) is 30.9. The van der Waals surface area contributed by atoms with Gasteiger partial charge in [0.25, 0.3) is 0 Å². The quantitative estimate of drug-likeness (QED) is 0.0260. The summed E-state index contributed by atoms with van der Waals surface area (Å²) in [5.74, 6) is -1.62. The van der Waals surface area contributed by atoms with Crippen molar-refractivity contribution in [3.05, 3.63) is 0 Å². The SMILES string of the molecule is CCCCCCCCCCCCCCCCCC(=O)OC(OC(=O)CCCCCCCCCCCCCCCCC)(OC(=O)CCCCCCCCCCCCCCCCC)P=S. The van der Waals surface area contributed by atoms with Crippen LogP contribution in [0.25, 0.3) is 0 Å². The van der Waals surface area contributed by atoms with E-state index in [4.69, 9.17) is 26.0 Å². The van der Waals surface area contributed by atoms with Crippen LogP contribution in [0.3, 0.4) is 0 Å². The summed E-state index contributed by atoms with van der Waals surface area (Å²) in [7, 11) is -0.0443. The molecule has 0 saturated carbocycles. The number of ether oxygens (including phenoxy) is 3. The molecule has 0 aliphatic carbocycles. The maximum atomic E-state index is 13.1. The molecule has 0 aromatic rings. The number of unbranched alkanes of at least 4 members (excludes halogenated alkanes) is 42. The van der Waals surface area contributed by atoms with Crippen molar-refractivity contribution in [2.45, 2.75) is 335 Å². The number of carbonyl (C=O) groups excluding carboxylic acids is 3. The van der Waals surface area contributed by atoms with E-state index in [0.29, 0.717) is 19.3 Å². The highest BCUT2D eigenvalue weighted by Gasteiger charge is 2.42. The van der Waals surface area contributed by atoms with Gasteiger partial charge >= 0.3 is 23.6 Å². The van der Waals surface area contributed by atoms with Gasteiger partial charge in [0.2, 0.25) is 0 Å². The summed E-state index contributed by atoms with van der Waals surface area (Å²) in [6.07, 6.45) is 56.5. The summed E-state index contributed by atoms with van der Waals surface area (Å²) in [6.45, 7) is 6.81. The third-order valence-corrected chi connectivity index (χ3v) is 14.0. The lowest BCUT2D eigenvalue weighted by molar-refractivity contribution is -0.279. The van der Waals surface area contributed by atoms with Gasteiger partial charge in [-0.05, 0) is 31.1 Å². The van der Waals surface area contributed by atoms with Crippen LogP contribution in [0.5, 0.6) is 0 Å². The van der Waals surface area contributed by atoms with Gasteiger partial charge in [-0.3, -0.25) is 14.4 Å². The van der Waals surface area contributed by atoms with Crippen molar-refractivity contribution in [3.8, 4) is 0 Å². The highest BCUT2D eigenvalue weighted by molar-refractivity contribution is 7.96. The zero-order chi connectivity index (χ0) is 46.0. The van der Waals surface area contributed by atoms with Gasteiger partial charge in [0.15, 0.2) is 0 Å². The Balaban J connectivity index is 4.57. The van der Waals surface area contributed by atoms with Gasteiger partial charge in [0, 0.05) is 19.3 Å². The summed E-state index contributed by atoms with van der Waals surface area (Å²) in [5.41, 5.74) is -2.19. The van der Waals surface area contributed by atoms with E-state index in [1.807, 2.05) is 0 Å². The fourth-order valence-electron chi connectivity index (χ4n) is 8.63. The molecule has 0 fully saturated rings. The highest BCUT2D eigenvalue weighted by Crippen LogP contribution is 2.32. The smallest absolute Gasteiger partial charge is 0.380 e. The van der Waals surface area contributed by atoms with Crippen molar-refractivity contribution in [3.63, 3.8) is 0 Å². The van der Waals surface area contributed by atoms with Crippen molar-refractivity contribution in [1.82, 2.24) is 0 Å². The first kappa shape index (κ1) is 61.9. The predicted molar refractivity (Wildman–Crippen MR) is 274 cm³/mol. The Kier molecular flexibility index (Phi) is 49.5. The molecule has 0 aliphatic heterocycles. The van der Waals surface area contributed by atoms with E-state index in [-0.39, 0.29) is 26.6 Å². The molecular weight excluding hydrogens is 820 g/mol. The number of esters is 3. The van der Waals surface area contributed by atoms with Crippen LogP contribution < -0.4 is 0 Å². The van der Waals surface area contributed by atoms with Crippen molar-refractivity contribution >= 4 is 37.1 Å². The molecular formula is C55H105O6PS. The maximum Gasteiger partial charge on any atom is 0.479 e. The Morgan fingerprint density at radius 2 is 0.429 bits per heavy atom. The molecule has 0 unspecified atom stereocenters. The molecule has 0 rings (SSSR count). The van der Waals surface area contributed by atoms with Gasteiger partial charge in [-0.25, -0.2) is 0 Å². The molecule has 6 nitrogen and oxygen atoms in total. The Labute approximate surface area is 398 Å². The van der Waals surface area contributed by atoms with E-state index >= 15 is 0 Å². The lowest BCUT2D eigenvalue weighted by atomic mass is 10.0. The molecule has 0 aromatic carbocycles.